The number of nitrogens with two attached hydrogens (primary N) is 1. The first kappa shape index (κ1) is 21.1. The smallest absolute Gasteiger partial charge is 0.251 e. The summed E-state index contributed by atoms with van der Waals surface area (Å²) in [6.45, 7) is 1.49. The van der Waals surface area contributed by atoms with Crippen LogP contribution in [-0.2, 0) is 4.79 Å². The quantitative estimate of drug-likeness (QED) is 0.811. The van der Waals surface area contributed by atoms with Crippen molar-refractivity contribution in [3.05, 3.63) is 35.9 Å². The number of hydrogen-bond donors (Lipinski definition) is 2. The summed E-state index contributed by atoms with van der Waals surface area (Å²) in [7, 11) is 0. The molecule has 3 N–H and O–H groups in total. The number of carbonyl (C=O) groups excluding carboxylic acids is 2. The molecule has 6 heteroatoms. The number of nitrogens with one attached hydrogen (secondary N) is 1. The maximum Gasteiger partial charge on any atom is 0.251 e. The first-order chi connectivity index (χ1) is 13.1. The van der Waals surface area contributed by atoms with Crippen molar-refractivity contribution in [3.8, 4) is 0 Å². The topological polar surface area (TPSA) is 75.4 Å². The lowest BCUT2D eigenvalue weighted by Gasteiger charge is -2.45. The van der Waals surface area contributed by atoms with E-state index in [9.17, 15) is 9.59 Å². The molecule has 1 heterocycles. The Bertz CT molecular complexity index is 662. The van der Waals surface area contributed by atoms with Crippen molar-refractivity contribution in [2.24, 2.45) is 23.5 Å². The fourth-order valence-electron chi connectivity index (χ4n) is 5.35. The summed E-state index contributed by atoms with van der Waals surface area (Å²) in [4.78, 5) is 27.4. The Morgan fingerprint density at radius 3 is 2.18 bits per heavy atom. The van der Waals surface area contributed by atoms with E-state index in [-0.39, 0.29) is 30.3 Å². The molecule has 1 aliphatic heterocycles. The summed E-state index contributed by atoms with van der Waals surface area (Å²) < 4.78 is 0. The van der Waals surface area contributed by atoms with Gasteiger partial charge in [-0.1, -0.05) is 24.6 Å². The molecule has 28 heavy (non-hydrogen) atoms. The monoisotopic (exact) mass is 405 g/mol. The zero-order chi connectivity index (χ0) is 18.8. The molecule has 5 nitrogen and oxygen atoms in total. The lowest BCUT2D eigenvalue weighted by molar-refractivity contribution is -0.139. The maximum atomic E-state index is 13.0. The largest absolute Gasteiger partial charge is 0.349 e. The zero-order valence-corrected chi connectivity index (χ0v) is 17.2. The van der Waals surface area contributed by atoms with Gasteiger partial charge in [0.15, 0.2) is 0 Å². The molecule has 2 amide bonds. The van der Waals surface area contributed by atoms with E-state index in [0.717, 1.165) is 38.8 Å². The maximum absolute atomic E-state index is 13.0. The highest BCUT2D eigenvalue weighted by Crippen LogP contribution is 2.42. The number of carbonyl (C=O) groups is 2. The van der Waals surface area contributed by atoms with E-state index in [1.165, 1.54) is 19.3 Å². The second-order valence-corrected chi connectivity index (χ2v) is 8.64. The van der Waals surface area contributed by atoms with Crippen molar-refractivity contribution in [2.45, 2.75) is 57.0 Å². The Hall–Kier alpha value is -1.59. The van der Waals surface area contributed by atoms with Gasteiger partial charge in [-0.3, -0.25) is 9.59 Å². The number of fused-ring (bicyclic) bond motifs is 2. The van der Waals surface area contributed by atoms with E-state index in [0.29, 0.717) is 29.3 Å². The Morgan fingerprint density at radius 1 is 0.964 bits per heavy atom. The number of hydrogen-bond acceptors (Lipinski definition) is 3. The van der Waals surface area contributed by atoms with E-state index in [1.807, 2.05) is 35.2 Å². The molecule has 3 fully saturated rings. The predicted molar refractivity (Wildman–Crippen MR) is 112 cm³/mol. The third-order valence-electron chi connectivity index (χ3n) is 6.94. The van der Waals surface area contributed by atoms with Gasteiger partial charge in [0, 0.05) is 36.7 Å². The molecule has 4 rings (SSSR count). The van der Waals surface area contributed by atoms with Gasteiger partial charge < -0.3 is 16.0 Å². The van der Waals surface area contributed by atoms with Crippen molar-refractivity contribution in [1.29, 1.82) is 0 Å². The second-order valence-electron chi connectivity index (χ2n) is 8.64. The number of nitrogens with zero attached hydrogens (tertiary/aromatic N) is 1. The predicted octanol–water partition coefficient (Wildman–Crippen LogP) is 2.98. The van der Waals surface area contributed by atoms with E-state index in [1.54, 1.807) is 0 Å². The summed E-state index contributed by atoms with van der Waals surface area (Å²) in [6, 6.07) is 9.79. The van der Waals surface area contributed by atoms with E-state index in [2.05, 4.69) is 5.32 Å². The van der Waals surface area contributed by atoms with Crippen LogP contribution in [0.2, 0.25) is 0 Å². The fraction of sp³-hybridized carbons (Fsp3) is 0.636. The molecule has 0 aromatic heterocycles. The van der Waals surface area contributed by atoms with E-state index in [4.69, 9.17) is 5.73 Å². The minimum absolute atomic E-state index is 0. The first-order valence-electron chi connectivity index (χ1n) is 10.5. The zero-order valence-electron chi connectivity index (χ0n) is 16.4. The molecule has 2 atom stereocenters. The molecule has 1 aromatic rings. The lowest BCUT2D eigenvalue weighted by atomic mass is 9.65. The third-order valence-corrected chi connectivity index (χ3v) is 6.94. The second kappa shape index (κ2) is 9.27. The van der Waals surface area contributed by atoms with Gasteiger partial charge in [-0.2, -0.15) is 0 Å². The standard InChI is InChI=1S/C22H31N3O2.ClH/c23-20-16-7-4-8-17(20)14-18(13-16)22(27)25-11-9-19(10-12-25)24-21(26)15-5-2-1-3-6-15;/h1-3,5-6,16-20H,4,7-14,23H2,(H,24,26);1H. The molecule has 2 aliphatic carbocycles. The summed E-state index contributed by atoms with van der Waals surface area (Å²) in [5.41, 5.74) is 7.07. The molecule has 154 valence electrons. The summed E-state index contributed by atoms with van der Waals surface area (Å²) >= 11 is 0. The van der Waals surface area contributed by atoms with Crippen LogP contribution in [0.3, 0.4) is 0 Å². The van der Waals surface area contributed by atoms with Gasteiger partial charge in [-0.15, -0.1) is 12.4 Å². The molecular weight excluding hydrogens is 374 g/mol. The van der Waals surface area contributed by atoms with Crippen LogP contribution in [0.25, 0.3) is 0 Å². The summed E-state index contributed by atoms with van der Waals surface area (Å²) in [6.07, 6.45) is 7.27. The van der Waals surface area contributed by atoms with Crippen LogP contribution in [0.5, 0.6) is 0 Å². The Balaban J connectivity index is 0.00000225. The van der Waals surface area contributed by atoms with Gasteiger partial charge in [0.2, 0.25) is 5.91 Å². The van der Waals surface area contributed by atoms with Gasteiger partial charge in [0.05, 0.1) is 0 Å². The normalized spacial score (nSPS) is 30.2. The fourth-order valence-corrected chi connectivity index (χ4v) is 5.35. The molecular formula is C22H32ClN3O2. The minimum Gasteiger partial charge on any atom is -0.349 e. The van der Waals surface area contributed by atoms with Gasteiger partial charge in [-0.05, 0) is 62.5 Å². The van der Waals surface area contributed by atoms with Crippen molar-refractivity contribution in [2.75, 3.05) is 13.1 Å². The molecule has 0 radical (unpaired) electrons. The van der Waals surface area contributed by atoms with Crippen molar-refractivity contribution < 1.29 is 9.59 Å². The number of halogens is 1. The number of benzene rings is 1. The number of rotatable bonds is 3. The number of amides is 2. The highest BCUT2D eigenvalue weighted by Gasteiger charge is 2.42. The molecule has 2 saturated carbocycles. The number of likely N-dealkylation sites (tertiary alicyclic amines) is 1. The Labute approximate surface area is 173 Å². The van der Waals surface area contributed by atoms with Crippen molar-refractivity contribution >= 4 is 24.2 Å². The summed E-state index contributed by atoms with van der Waals surface area (Å²) in [5, 5.41) is 3.12. The third kappa shape index (κ3) is 4.52. The molecule has 3 aliphatic rings. The van der Waals surface area contributed by atoms with Crippen molar-refractivity contribution in [1.82, 2.24) is 10.2 Å². The molecule has 2 unspecified atom stereocenters. The molecule has 1 saturated heterocycles. The average Bonchev–Trinajstić information content (AvgIpc) is 2.68. The number of piperidine rings is 1. The van der Waals surface area contributed by atoms with Crippen LogP contribution in [0.1, 0.15) is 55.3 Å². The van der Waals surface area contributed by atoms with Gasteiger partial charge in [0.25, 0.3) is 5.91 Å². The average molecular weight is 406 g/mol. The van der Waals surface area contributed by atoms with Gasteiger partial charge >= 0.3 is 0 Å². The first-order valence-corrected chi connectivity index (χ1v) is 10.5. The molecule has 0 spiro atoms. The van der Waals surface area contributed by atoms with Crippen LogP contribution in [0, 0.1) is 17.8 Å². The van der Waals surface area contributed by atoms with E-state index < -0.39 is 0 Å². The molecule has 1 aromatic carbocycles. The molecule has 2 bridgehead atoms. The van der Waals surface area contributed by atoms with Crippen LogP contribution in [0.15, 0.2) is 30.3 Å². The van der Waals surface area contributed by atoms with Gasteiger partial charge in [0.1, 0.15) is 0 Å². The minimum atomic E-state index is -0.0190. The van der Waals surface area contributed by atoms with Crippen molar-refractivity contribution in [3.63, 3.8) is 0 Å². The Kier molecular flexibility index (Phi) is 7.00. The van der Waals surface area contributed by atoms with Crippen LogP contribution in [-0.4, -0.2) is 41.9 Å². The summed E-state index contributed by atoms with van der Waals surface area (Å²) in [5.74, 6) is 1.54. The Morgan fingerprint density at radius 2 is 1.57 bits per heavy atom. The lowest BCUT2D eigenvalue weighted by Crippen LogP contribution is -2.52. The SMILES string of the molecule is Cl.NC1C2CCCC1CC(C(=O)N1CCC(NC(=O)c3ccccc3)CC1)C2. The van der Waals surface area contributed by atoms with Crippen LogP contribution >= 0.6 is 12.4 Å². The highest BCUT2D eigenvalue weighted by molar-refractivity contribution is 5.94. The van der Waals surface area contributed by atoms with Gasteiger partial charge in [-0.25, -0.2) is 0 Å². The van der Waals surface area contributed by atoms with Crippen LogP contribution in [0.4, 0.5) is 0 Å². The van der Waals surface area contributed by atoms with E-state index >= 15 is 0 Å². The van der Waals surface area contributed by atoms with Crippen LogP contribution < -0.4 is 11.1 Å². The highest BCUT2D eigenvalue weighted by atomic mass is 35.5.